The number of nitrogens with zero attached hydrogens (tertiary/aromatic N) is 4. The summed E-state index contributed by atoms with van der Waals surface area (Å²) in [6, 6.07) is 2.91. The third-order valence-corrected chi connectivity index (χ3v) is 2.48. The molecule has 2 aromatic rings. The van der Waals surface area contributed by atoms with Gasteiger partial charge in [0.25, 0.3) is 0 Å². The maximum Gasteiger partial charge on any atom is 0.451 e. The average Bonchev–Trinajstić information content (AvgIpc) is 2.67. The van der Waals surface area contributed by atoms with E-state index in [1.54, 1.807) is 27.0 Å². The largest absolute Gasteiger partial charge is 0.451 e. The Balaban J connectivity index is 2.38. The van der Waals surface area contributed by atoms with Crippen molar-refractivity contribution in [3.05, 3.63) is 23.7 Å². The predicted molar refractivity (Wildman–Crippen MR) is 69.2 cm³/mol. The number of hydrogen-bond acceptors (Lipinski definition) is 5. The number of halogens is 3. The van der Waals surface area contributed by atoms with Crippen LogP contribution in [0.4, 0.5) is 19.0 Å². The van der Waals surface area contributed by atoms with Gasteiger partial charge in [-0.05, 0) is 13.8 Å². The summed E-state index contributed by atoms with van der Waals surface area (Å²) < 4.78 is 45.1. The third kappa shape index (κ3) is 3.61. The molecule has 0 bridgehead atoms. The van der Waals surface area contributed by atoms with Gasteiger partial charge in [-0.3, -0.25) is 0 Å². The van der Waals surface area contributed by atoms with Gasteiger partial charge in [0.1, 0.15) is 5.82 Å². The van der Waals surface area contributed by atoms with E-state index in [0.29, 0.717) is 18.1 Å². The quantitative estimate of drug-likeness (QED) is 0.940. The van der Waals surface area contributed by atoms with E-state index in [1.165, 1.54) is 10.7 Å². The first-order chi connectivity index (χ1) is 9.79. The Labute approximate surface area is 119 Å². The normalized spacial score (nSPS) is 11.5. The highest BCUT2D eigenvalue weighted by Crippen LogP contribution is 2.30. The molecule has 0 unspecified atom stereocenters. The number of hydrogen-bond donors (Lipinski definition) is 1. The van der Waals surface area contributed by atoms with Crippen molar-refractivity contribution in [2.45, 2.75) is 20.0 Å². The number of rotatable bonds is 4. The molecule has 6 nitrogen and oxygen atoms in total. The second kappa shape index (κ2) is 5.58. The predicted octanol–water partition coefficient (Wildman–Crippen LogP) is 2.76. The molecule has 0 aromatic carbocycles. The van der Waals surface area contributed by atoms with E-state index in [2.05, 4.69) is 20.4 Å². The van der Waals surface area contributed by atoms with E-state index in [4.69, 9.17) is 4.74 Å². The summed E-state index contributed by atoms with van der Waals surface area (Å²) in [7, 11) is 1.62. The minimum absolute atomic E-state index is 0.0497. The molecular weight excluding hydrogens is 287 g/mol. The van der Waals surface area contributed by atoms with Crippen molar-refractivity contribution in [3.63, 3.8) is 0 Å². The Morgan fingerprint density at radius 2 is 2.00 bits per heavy atom. The summed E-state index contributed by atoms with van der Waals surface area (Å²) in [6.07, 6.45) is -4.65. The Kier molecular flexibility index (Phi) is 4.01. The summed E-state index contributed by atoms with van der Waals surface area (Å²) in [5.41, 5.74) is 0.685. The molecule has 2 rings (SSSR count). The molecule has 0 saturated carbocycles. The fraction of sp³-hybridized carbons (Fsp3) is 0.417. The van der Waals surface area contributed by atoms with Crippen LogP contribution < -0.4 is 10.1 Å². The lowest BCUT2D eigenvalue weighted by Crippen LogP contribution is -2.14. The molecule has 0 radical (unpaired) electrons. The summed E-state index contributed by atoms with van der Waals surface area (Å²) >= 11 is 0. The molecule has 0 aliphatic carbocycles. The van der Waals surface area contributed by atoms with Crippen molar-refractivity contribution in [1.29, 1.82) is 0 Å². The van der Waals surface area contributed by atoms with Gasteiger partial charge in [-0.15, -0.1) is 0 Å². The fourth-order valence-corrected chi connectivity index (χ4v) is 1.67. The zero-order valence-electron chi connectivity index (χ0n) is 11.7. The molecule has 114 valence electrons. The van der Waals surface area contributed by atoms with E-state index in [0.717, 1.165) is 0 Å². The first kappa shape index (κ1) is 15.1. The first-order valence-corrected chi connectivity index (χ1v) is 6.18. The summed E-state index contributed by atoms with van der Waals surface area (Å²) in [5.74, 6) is -1.11. The van der Waals surface area contributed by atoms with E-state index in [1.807, 2.05) is 0 Å². The smallest absolute Gasteiger partial charge is 0.421 e. The van der Waals surface area contributed by atoms with E-state index in [-0.39, 0.29) is 11.7 Å². The first-order valence-electron chi connectivity index (χ1n) is 6.18. The van der Waals surface area contributed by atoms with Crippen LogP contribution in [0.25, 0.3) is 0 Å². The molecule has 21 heavy (non-hydrogen) atoms. The van der Waals surface area contributed by atoms with Gasteiger partial charge in [-0.25, -0.2) is 9.67 Å². The second-order valence-electron chi connectivity index (χ2n) is 4.29. The standard InChI is InChI=1S/C12H14F3N5O/c1-4-16-8-6-9(18-11(17-8)12(13,14)15)21-10-5-7(2)19-20(10)3/h5-6H,4H2,1-3H3,(H,16,17,18). The Morgan fingerprint density at radius 1 is 1.29 bits per heavy atom. The number of aromatic nitrogens is 4. The zero-order valence-corrected chi connectivity index (χ0v) is 11.7. The Bertz CT molecular complexity index is 638. The molecule has 1 N–H and O–H groups in total. The van der Waals surface area contributed by atoms with Crippen LogP contribution >= 0.6 is 0 Å². The molecule has 0 aliphatic heterocycles. The van der Waals surface area contributed by atoms with Crippen LogP contribution in [-0.2, 0) is 13.2 Å². The maximum atomic E-state index is 12.8. The lowest BCUT2D eigenvalue weighted by Gasteiger charge is -2.11. The highest BCUT2D eigenvalue weighted by atomic mass is 19.4. The molecule has 0 fully saturated rings. The minimum atomic E-state index is -4.65. The monoisotopic (exact) mass is 301 g/mol. The van der Waals surface area contributed by atoms with Gasteiger partial charge in [0.05, 0.1) is 5.69 Å². The summed E-state index contributed by atoms with van der Waals surface area (Å²) in [4.78, 5) is 6.81. The van der Waals surface area contributed by atoms with Crippen LogP contribution in [-0.4, -0.2) is 26.3 Å². The number of nitrogens with one attached hydrogen (secondary N) is 1. The molecule has 0 aliphatic rings. The number of anilines is 1. The van der Waals surface area contributed by atoms with Crippen LogP contribution in [0.2, 0.25) is 0 Å². The SMILES string of the molecule is CCNc1cc(Oc2cc(C)nn2C)nc(C(F)(F)F)n1. The molecular formula is C12H14F3N5O. The van der Waals surface area contributed by atoms with Crippen molar-refractivity contribution >= 4 is 5.82 Å². The summed E-state index contributed by atoms with van der Waals surface area (Å²) in [6.45, 7) is 3.93. The van der Waals surface area contributed by atoms with E-state index in [9.17, 15) is 13.2 Å². The third-order valence-electron chi connectivity index (χ3n) is 2.48. The van der Waals surface area contributed by atoms with Gasteiger partial charge < -0.3 is 10.1 Å². The van der Waals surface area contributed by atoms with Gasteiger partial charge in [0, 0.05) is 25.7 Å². The van der Waals surface area contributed by atoms with Crippen molar-refractivity contribution in [3.8, 4) is 11.8 Å². The lowest BCUT2D eigenvalue weighted by atomic mass is 10.4. The Morgan fingerprint density at radius 3 is 2.52 bits per heavy atom. The van der Waals surface area contributed by atoms with E-state index < -0.39 is 12.0 Å². The van der Waals surface area contributed by atoms with Gasteiger partial charge in [0.15, 0.2) is 0 Å². The highest BCUT2D eigenvalue weighted by Gasteiger charge is 2.35. The molecule has 0 amide bonds. The minimum Gasteiger partial charge on any atom is -0.421 e. The van der Waals surface area contributed by atoms with Crippen LogP contribution in [0.1, 0.15) is 18.4 Å². The average molecular weight is 301 g/mol. The molecule has 0 spiro atoms. The zero-order chi connectivity index (χ0) is 15.6. The van der Waals surface area contributed by atoms with Gasteiger partial charge in [-0.1, -0.05) is 0 Å². The number of ether oxygens (including phenoxy) is 1. The van der Waals surface area contributed by atoms with Crippen LogP contribution in [0.3, 0.4) is 0 Å². The molecule has 2 aromatic heterocycles. The Hall–Kier alpha value is -2.32. The van der Waals surface area contributed by atoms with Gasteiger partial charge in [0.2, 0.25) is 17.6 Å². The van der Waals surface area contributed by atoms with Crippen LogP contribution in [0.15, 0.2) is 12.1 Å². The highest BCUT2D eigenvalue weighted by molar-refractivity contribution is 5.39. The molecule has 2 heterocycles. The van der Waals surface area contributed by atoms with Crippen molar-refractivity contribution in [2.24, 2.45) is 7.05 Å². The van der Waals surface area contributed by atoms with Crippen LogP contribution in [0, 0.1) is 6.92 Å². The van der Waals surface area contributed by atoms with Gasteiger partial charge in [-0.2, -0.15) is 23.3 Å². The van der Waals surface area contributed by atoms with Crippen molar-refractivity contribution in [2.75, 3.05) is 11.9 Å². The lowest BCUT2D eigenvalue weighted by molar-refractivity contribution is -0.145. The fourth-order valence-electron chi connectivity index (χ4n) is 1.67. The van der Waals surface area contributed by atoms with Gasteiger partial charge >= 0.3 is 6.18 Å². The van der Waals surface area contributed by atoms with Crippen molar-refractivity contribution in [1.82, 2.24) is 19.7 Å². The molecule has 0 atom stereocenters. The van der Waals surface area contributed by atoms with E-state index >= 15 is 0 Å². The summed E-state index contributed by atoms with van der Waals surface area (Å²) in [5, 5.41) is 6.76. The second-order valence-corrected chi connectivity index (χ2v) is 4.29. The number of aryl methyl sites for hydroxylation is 2. The maximum absolute atomic E-state index is 12.8. The van der Waals surface area contributed by atoms with Crippen molar-refractivity contribution < 1.29 is 17.9 Å². The number of alkyl halides is 3. The van der Waals surface area contributed by atoms with Crippen LogP contribution in [0.5, 0.6) is 11.8 Å². The molecule has 9 heteroatoms. The topological polar surface area (TPSA) is 64.9 Å². The molecule has 0 saturated heterocycles.